The maximum Gasteiger partial charge on any atom is 0.270 e. The number of non-ortho nitro benzene ring substituents is 1. The fourth-order valence-electron chi connectivity index (χ4n) is 2.19. The summed E-state index contributed by atoms with van der Waals surface area (Å²) in [5, 5.41) is 10.9. The van der Waals surface area contributed by atoms with E-state index in [2.05, 4.69) is 4.99 Å². The summed E-state index contributed by atoms with van der Waals surface area (Å²) in [5.41, 5.74) is 5.14. The summed E-state index contributed by atoms with van der Waals surface area (Å²) >= 11 is 1.65. The van der Waals surface area contributed by atoms with Gasteiger partial charge in [-0.15, -0.1) is 0 Å². The van der Waals surface area contributed by atoms with Gasteiger partial charge in [0.05, 0.1) is 15.7 Å². The van der Waals surface area contributed by atoms with Gasteiger partial charge in [-0.25, -0.2) is 4.39 Å². The molecular weight excluding hydrogens is 281 g/mol. The zero-order valence-electron chi connectivity index (χ0n) is 11.3. The number of nitro benzene ring substituents is 1. The van der Waals surface area contributed by atoms with Crippen LogP contribution in [0.5, 0.6) is 0 Å². The van der Waals surface area contributed by atoms with E-state index in [1.807, 2.05) is 6.92 Å². The second kappa shape index (κ2) is 5.40. The van der Waals surface area contributed by atoms with Crippen molar-refractivity contribution in [2.75, 3.05) is 5.75 Å². The molecule has 2 atom stereocenters. The topological polar surface area (TPSA) is 81.5 Å². The Morgan fingerprint density at radius 3 is 2.95 bits per heavy atom. The summed E-state index contributed by atoms with van der Waals surface area (Å²) in [6.07, 6.45) is 0.584. The third-order valence-electron chi connectivity index (χ3n) is 3.49. The lowest BCUT2D eigenvalue weighted by molar-refractivity contribution is -0.385. The van der Waals surface area contributed by atoms with Crippen LogP contribution in [0.25, 0.3) is 0 Å². The third kappa shape index (κ3) is 2.77. The van der Waals surface area contributed by atoms with Gasteiger partial charge in [0.25, 0.3) is 5.69 Å². The van der Waals surface area contributed by atoms with E-state index in [-0.39, 0.29) is 16.5 Å². The number of rotatable bonds is 2. The zero-order valence-corrected chi connectivity index (χ0v) is 12.1. The molecule has 0 fully saturated rings. The number of hydrogen-bond donors (Lipinski definition) is 1. The highest BCUT2D eigenvalue weighted by Gasteiger charge is 2.33. The van der Waals surface area contributed by atoms with Gasteiger partial charge in [0.2, 0.25) is 0 Å². The first-order valence-electron chi connectivity index (χ1n) is 6.25. The number of hydrogen-bond acceptors (Lipinski definition) is 5. The lowest BCUT2D eigenvalue weighted by Gasteiger charge is -2.25. The Hall–Kier alpha value is -1.63. The number of nitro groups is 1. The minimum Gasteiger partial charge on any atom is -0.387 e. The van der Waals surface area contributed by atoms with Crippen molar-refractivity contribution in [1.82, 2.24) is 0 Å². The van der Waals surface area contributed by atoms with E-state index in [0.29, 0.717) is 12.3 Å². The fourth-order valence-corrected chi connectivity index (χ4v) is 3.28. The summed E-state index contributed by atoms with van der Waals surface area (Å²) in [7, 11) is 0. The maximum absolute atomic E-state index is 14.1. The first-order valence-corrected chi connectivity index (χ1v) is 7.29. The Labute approximate surface area is 120 Å². The van der Waals surface area contributed by atoms with E-state index in [4.69, 9.17) is 5.73 Å². The van der Waals surface area contributed by atoms with Gasteiger partial charge >= 0.3 is 0 Å². The van der Waals surface area contributed by atoms with Crippen LogP contribution in [0.2, 0.25) is 0 Å². The molecule has 0 saturated carbocycles. The smallest absolute Gasteiger partial charge is 0.270 e. The van der Waals surface area contributed by atoms with Gasteiger partial charge in [0.1, 0.15) is 11.7 Å². The monoisotopic (exact) mass is 297 g/mol. The Morgan fingerprint density at radius 2 is 2.30 bits per heavy atom. The number of nitrogens with two attached hydrogens (primary N) is 1. The molecule has 0 aliphatic carbocycles. The van der Waals surface area contributed by atoms with E-state index >= 15 is 0 Å². The highest BCUT2D eigenvalue weighted by atomic mass is 32.2. The molecule has 0 saturated heterocycles. The summed E-state index contributed by atoms with van der Waals surface area (Å²) in [6.45, 7) is 3.71. The molecule has 5 nitrogen and oxygen atoms in total. The Balaban J connectivity index is 2.53. The standard InChI is InChI=1S/C13H16FN3O2S/c1-8-12(15)16-13(2,5-6-20-8)10-7-9(17(18)19)3-4-11(10)14/h3-4,7-8H,5-6H2,1-2H3,(H2,15,16)/t8?,13-/m0/s1. The number of halogens is 1. The number of benzene rings is 1. The molecule has 7 heteroatoms. The van der Waals surface area contributed by atoms with Gasteiger partial charge in [-0.05, 0) is 32.1 Å². The largest absolute Gasteiger partial charge is 0.387 e. The second-order valence-electron chi connectivity index (χ2n) is 4.99. The van der Waals surface area contributed by atoms with Crippen molar-refractivity contribution in [3.8, 4) is 0 Å². The van der Waals surface area contributed by atoms with Crippen LogP contribution in [0, 0.1) is 15.9 Å². The van der Waals surface area contributed by atoms with E-state index < -0.39 is 16.3 Å². The average Bonchev–Trinajstić information content (AvgIpc) is 2.50. The molecule has 2 rings (SSSR count). The molecule has 1 aromatic rings. The molecule has 1 aliphatic heterocycles. The van der Waals surface area contributed by atoms with Crippen LogP contribution < -0.4 is 5.73 Å². The van der Waals surface area contributed by atoms with E-state index in [1.54, 1.807) is 18.7 Å². The van der Waals surface area contributed by atoms with Crippen LogP contribution in [0.15, 0.2) is 23.2 Å². The van der Waals surface area contributed by atoms with Crippen molar-refractivity contribution in [3.05, 3.63) is 39.7 Å². The van der Waals surface area contributed by atoms with Crippen molar-refractivity contribution < 1.29 is 9.31 Å². The quantitative estimate of drug-likeness (QED) is 0.672. The van der Waals surface area contributed by atoms with Crippen LogP contribution in [0.1, 0.15) is 25.8 Å². The normalized spacial score (nSPS) is 26.8. The zero-order chi connectivity index (χ0) is 14.9. The molecule has 1 aromatic carbocycles. The van der Waals surface area contributed by atoms with Gasteiger partial charge in [-0.1, -0.05) is 0 Å². The second-order valence-corrected chi connectivity index (χ2v) is 6.44. The molecule has 2 N–H and O–H groups in total. The summed E-state index contributed by atoms with van der Waals surface area (Å²) in [4.78, 5) is 14.8. The van der Waals surface area contributed by atoms with Gasteiger partial charge in [0, 0.05) is 17.7 Å². The molecule has 0 radical (unpaired) electrons. The number of aliphatic imine (C=N–C) groups is 1. The predicted octanol–water partition coefficient (Wildman–Crippen LogP) is 2.83. The van der Waals surface area contributed by atoms with Crippen LogP contribution in [-0.4, -0.2) is 21.8 Å². The molecule has 0 aromatic heterocycles. The molecule has 108 valence electrons. The SMILES string of the molecule is CC1SCC[C@@](C)(c2cc([N+](=O)[O-])ccc2F)N=C1N. The van der Waals surface area contributed by atoms with Gasteiger partial charge in [0.15, 0.2) is 0 Å². The van der Waals surface area contributed by atoms with Crippen molar-refractivity contribution >= 4 is 23.3 Å². The third-order valence-corrected chi connectivity index (χ3v) is 4.67. The summed E-state index contributed by atoms with van der Waals surface area (Å²) < 4.78 is 14.1. The van der Waals surface area contributed by atoms with Crippen LogP contribution in [0.3, 0.4) is 0 Å². The highest BCUT2D eigenvalue weighted by Crippen LogP contribution is 2.37. The molecule has 0 amide bonds. The summed E-state index contributed by atoms with van der Waals surface area (Å²) in [6, 6.07) is 3.53. The van der Waals surface area contributed by atoms with Crippen LogP contribution in [-0.2, 0) is 5.54 Å². The molecule has 1 unspecified atom stereocenters. The van der Waals surface area contributed by atoms with Crippen LogP contribution >= 0.6 is 11.8 Å². The van der Waals surface area contributed by atoms with Crippen molar-refractivity contribution in [3.63, 3.8) is 0 Å². The van der Waals surface area contributed by atoms with Crippen molar-refractivity contribution in [2.24, 2.45) is 10.7 Å². The molecule has 20 heavy (non-hydrogen) atoms. The molecule has 1 aliphatic rings. The Kier molecular flexibility index (Phi) is 3.99. The number of amidine groups is 1. The maximum atomic E-state index is 14.1. The van der Waals surface area contributed by atoms with Gasteiger partial charge < -0.3 is 5.73 Å². The van der Waals surface area contributed by atoms with E-state index in [9.17, 15) is 14.5 Å². The lowest BCUT2D eigenvalue weighted by atomic mass is 9.89. The lowest BCUT2D eigenvalue weighted by Crippen LogP contribution is -2.28. The molecule has 0 bridgehead atoms. The predicted molar refractivity (Wildman–Crippen MR) is 78.6 cm³/mol. The number of thioether (sulfide) groups is 1. The van der Waals surface area contributed by atoms with E-state index in [1.165, 1.54) is 6.07 Å². The fraction of sp³-hybridized carbons (Fsp3) is 0.462. The van der Waals surface area contributed by atoms with E-state index in [0.717, 1.165) is 17.9 Å². The summed E-state index contributed by atoms with van der Waals surface area (Å²) in [5.74, 6) is 0.722. The number of nitrogens with zero attached hydrogens (tertiary/aromatic N) is 2. The van der Waals surface area contributed by atoms with Gasteiger partial charge in [-0.2, -0.15) is 11.8 Å². The minimum absolute atomic E-state index is 0.0681. The van der Waals surface area contributed by atoms with Crippen LogP contribution in [0.4, 0.5) is 10.1 Å². The average molecular weight is 297 g/mol. The Morgan fingerprint density at radius 1 is 1.60 bits per heavy atom. The minimum atomic E-state index is -0.863. The van der Waals surface area contributed by atoms with Crippen molar-refractivity contribution in [2.45, 2.75) is 31.1 Å². The highest BCUT2D eigenvalue weighted by molar-refractivity contribution is 8.00. The molecular formula is C13H16FN3O2S. The first-order chi connectivity index (χ1) is 9.33. The van der Waals surface area contributed by atoms with Crippen molar-refractivity contribution in [1.29, 1.82) is 0 Å². The van der Waals surface area contributed by atoms with Gasteiger partial charge in [-0.3, -0.25) is 15.1 Å². The molecule has 1 heterocycles. The first kappa shape index (κ1) is 14.8. The molecule has 0 spiro atoms. The Bertz CT molecular complexity index is 579.